The van der Waals surface area contributed by atoms with Crippen LogP contribution >= 0.6 is 0 Å². The molecule has 1 saturated carbocycles. The summed E-state index contributed by atoms with van der Waals surface area (Å²) >= 11 is 0. The van der Waals surface area contributed by atoms with Crippen molar-refractivity contribution in [3.8, 4) is 6.07 Å². The monoisotopic (exact) mass is 208 g/mol. The van der Waals surface area contributed by atoms with E-state index in [0.29, 0.717) is 12.0 Å². The first-order valence-electron chi connectivity index (χ1n) is 4.71. The minimum absolute atomic E-state index is 0.129. The predicted octanol–water partition coefficient (Wildman–Crippen LogP) is 1.87. The molecule has 0 bridgehead atoms. The zero-order valence-electron chi connectivity index (χ0n) is 8.06. The molecule has 0 saturated heterocycles. The highest BCUT2D eigenvalue weighted by Gasteiger charge is 2.38. The van der Waals surface area contributed by atoms with Gasteiger partial charge in [-0.15, -0.1) is 0 Å². The van der Waals surface area contributed by atoms with Gasteiger partial charge in [-0.3, -0.25) is 0 Å². The van der Waals surface area contributed by atoms with Crippen LogP contribution in [0.15, 0.2) is 12.1 Å². The van der Waals surface area contributed by atoms with Gasteiger partial charge < -0.3 is 5.73 Å². The lowest BCUT2D eigenvalue weighted by Gasteiger charge is -2.09. The van der Waals surface area contributed by atoms with E-state index in [1.54, 1.807) is 6.07 Å². The highest BCUT2D eigenvalue weighted by Crippen LogP contribution is 2.36. The molecule has 0 spiro atoms. The van der Waals surface area contributed by atoms with Crippen LogP contribution < -0.4 is 5.73 Å². The Bertz CT molecular complexity index is 445. The highest BCUT2D eigenvalue weighted by atomic mass is 19.1. The fraction of sp³-hybridized carbons (Fsp3) is 0.364. The van der Waals surface area contributed by atoms with E-state index in [1.165, 1.54) is 6.07 Å². The molecule has 1 aliphatic carbocycles. The first kappa shape index (κ1) is 10.1. The van der Waals surface area contributed by atoms with Gasteiger partial charge in [0.15, 0.2) is 0 Å². The molecule has 2 rings (SSSR count). The quantitative estimate of drug-likeness (QED) is 0.806. The molecule has 15 heavy (non-hydrogen) atoms. The van der Waals surface area contributed by atoms with Crippen LogP contribution in [0.4, 0.5) is 8.78 Å². The molecular formula is C11H10F2N2. The molecule has 0 aromatic heterocycles. The molecule has 2 nitrogen and oxygen atoms in total. The van der Waals surface area contributed by atoms with Crippen molar-refractivity contribution in [1.82, 2.24) is 0 Å². The Morgan fingerprint density at radius 2 is 2.00 bits per heavy atom. The smallest absolute Gasteiger partial charge is 0.143 e. The predicted molar refractivity (Wildman–Crippen MR) is 50.9 cm³/mol. The third-order valence-corrected chi connectivity index (χ3v) is 2.69. The van der Waals surface area contributed by atoms with E-state index in [1.807, 2.05) is 0 Å². The zero-order valence-corrected chi connectivity index (χ0v) is 8.06. The Morgan fingerprint density at radius 3 is 2.53 bits per heavy atom. The van der Waals surface area contributed by atoms with Crippen LogP contribution in [0.1, 0.15) is 24.0 Å². The van der Waals surface area contributed by atoms with E-state index < -0.39 is 11.6 Å². The van der Waals surface area contributed by atoms with Gasteiger partial charge in [0.05, 0.1) is 5.56 Å². The van der Waals surface area contributed by atoms with Crippen LogP contribution in [0.5, 0.6) is 0 Å². The molecule has 0 amide bonds. The lowest BCUT2D eigenvalue weighted by atomic mass is 10.0. The lowest BCUT2D eigenvalue weighted by Crippen LogP contribution is -2.25. The van der Waals surface area contributed by atoms with Gasteiger partial charge >= 0.3 is 0 Å². The summed E-state index contributed by atoms with van der Waals surface area (Å²) in [6.07, 6.45) is 2.07. The number of nitriles is 1. The average Bonchev–Trinajstić information content (AvgIpc) is 2.89. The standard InChI is InChI=1S/C11H10F2N2/c12-9-4-10(13)8(6-14)3-7(9)5-11(15)1-2-11/h3-4H,1-2,5,15H2. The molecule has 78 valence electrons. The molecule has 2 N–H and O–H groups in total. The first-order valence-corrected chi connectivity index (χ1v) is 4.71. The summed E-state index contributed by atoms with van der Waals surface area (Å²) in [6, 6.07) is 3.68. The molecule has 0 aliphatic heterocycles. The Hall–Kier alpha value is -1.47. The Kier molecular flexibility index (Phi) is 2.20. The van der Waals surface area contributed by atoms with E-state index in [2.05, 4.69) is 0 Å². The molecule has 0 heterocycles. The van der Waals surface area contributed by atoms with E-state index >= 15 is 0 Å². The molecule has 1 aliphatic rings. The van der Waals surface area contributed by atoms with Crippen LogP contribution in [-0.4, -0.2) is 5.54 Å². The van der Waals surface area contributed by atoms with Crippen LogP contribution in [0.3, 0.4) is 0 Å². The van der Waals surface area contributed by atoms with Crippen LogP contribution in [-0.2, 0) is 6.42 Å². The largest absolute Gasteiger partial charge is 0.325 e. The molecule has 0 atom stereocenters. The van der Waals surface area contributed by atoms with Crippen LogP contribution in [0.2, 0.25) is 0 Å². The normalized spacial score (nSPS) is 17.2. The Balaban J connectivity index is 2.35. The number of nitrogens with two attached hydrogens (primary N) is 1. The minimum Gasteiger partial charge on any atom is -0.325 e. The first-order chi connectivity index (χ1) is 7.04. The second kappa shape index (κ2) is 3.28. The van der Waals surface area contributed by atoms with E-state index in [-0.39, 0.29) is 11.1 Å². The summed E-state index contributed by atoms with van der Waals surface area (Å²) in [5.74, 6) is -1.44. The Morgan fingerprint density at radius 1 is 1.33 bits per heavy atom. The number of hydrogen-bond acceptors (Lipinski definition) is 2. The van der Waals surface area contributed by atoms with E-state index in [9.17, 15) is 8.78 Å². The Labute approximate surface area is 86.3 Å². The number of rotatable bonds is 2. The highest BCUT2D eigenvalue weighted by molar-refractivity contribution is 5.36. The molecule has 1 fully saturated rings. The van der Waals surface area contributed by atoms with Crippen molar-refractivity contribution in [1.29, 1.82) is 5.26 Å². The SMILES string of the molecule is N#Cc1cc(CC2(N)CC2)c(F)cc1F. The number of benzene rings is 1. The van der Waals surface area contributed by atoms with Crippen molar-refractivity contribution >= 4 is 0 Å². The second-order valence-electron chi connectivity index (χ2n) is 4.07. The fourth-order valence-electron chi connectivity index (χ4n) is 1.53. The maximum Gasteiger partial charge on any atom is 0.143 e. The van der Waals surface area contributed by atoms with Gasteiger partial charge in [0.1, 0.15) is 17.7 Å². The van der Waals surface area contributed by atoms with Crippen molar-refractivity contribution in [2.45, 2.75) is 24.8 Å². The molecule has 1 aromatic rings. The van der Waals surface area contributed by atoms with Crippen molar-refractivity contribution in [2.75, 3.05) is 0 Å². The second-order valence-corrected chi connectivity index (χ2v) is 4.07. The topological polar surface area (TPSA) is 49.8 Å². The van der Waals surface area contributed by atoms with Gasteiger partial charge in [0.2, 0.25) is 0 Å². The summed E-state index contributed by atoms with van der Waals surface area (Å²) in [4.78, 5) is 0. The van der Waals surface area contributed by atoms with Crippen LogP contribution in [0, 0.1) is 23.0 Å². The van der Waals surface area contributed by atoms with Crippen molar-refractivity contribution < 1.29 is 8.78 Å². The number of nitrogens with zero attached hydrogens (tertiary/aromatic N) is 1. The van der Waals surface area contributed by atoms with Gasteiger partial charge in [0, 0.05) is 11.6 Å². The minimum atomic E-state index is -0.819. The summed E-state index contributed by atoms with van der Waals surface area (Å²) in [6.45, 7) is 0. The maximum atomic E-state index is 13.3. The van der Waals surface area contributed by atoms with Crippen molar-refractivity contribution in [3.05, 3.63) is 34.9 Å². The van der Waals surface area contributed by atoms with Gasteiger partial charge in [0.25, 0.3) is 0 Å². The van der Waals surface area contributed by atoms with Crippen molar-refractivity contribution in [3.63, 3.8) is 0 Å². The summed E-state index contributed by atoms with van der Waals surface area (Å²) in [7, 11) is 0. The summed E-state index contributed by atoms with van der Waals surface area (Å²) < 4.78 is 26.3. The van der Waals surface area contributed by atoms with Crippen molar-refractivity contribution in [2.24, 2.45) is 5.73 Å². The third-order valence-electron chi connectivity index (χ3n) is 2.69. The van der Waals surface area contributed by atoms with Gasteiger partial charge in [-0.05, 0) is 30.9 Å². The fourth-order valence-corrected chi connectivity index (χ4v) is 1.53. The summed E-state index contributed by atoms with van der Waals surface area (Å²) in [5, 5.41) is 8.60. The summed E-state index contributed by atoms with van der Waals surface area (Å²) in [5.41, 5.74) is 5.69. The van der Waals surface area contributed by atoms with Gasteiger partial charge in [-0.2, -0.15) is 5.26 Å². The molecule has 1 aromatic carbocycles. The van der Waals surface area contributed by atoms with E-state index in [0.717, 1.165) is 18.9 Å². The van der Waals surface area contributed by atoms with Crippen LogP contribution in [0.25, 0.3) is 0 Å². The average molecular weight is 208 g/mol. The number of hydrogen-bond donors (Lipinski definition) is 1. The molecule has 0 unspecified atom stereocenters. The van der Waals surface area contributed by atoms with E-state index in [4.69, 9.17) is 11.0 Å². The molecule has 0 radical (unpaired) electrons. The molecular weight excluding hydrogens is 198 g/mol. The number of halogens is 2. The van der Waals surface area contributed by atoms with Gasteiger partial charge in [-0.25, -0.2) is 8.78 Å². The third kappa shape index (κ3) is 1.97. The maximum absolute atomic E-state index is 13.3. The lowest BCUT2D eigenvalue weighted by molar-refractivity contribution is 0.555. The zero-order chi connectivity index (χ0) is 11.1. The molecule has 4 heteroatoms. The van der Waals surface area contributed by atoms with Gasteiger partial charge in [-0.1, -0.05) is 0 Å².